The van der Waals surface area contributed by atoms with Crippen LogP contribution in [-0.4, -0.2) is 11.9 Å². The Morgan fingerprint density at radius 1 is 1.38 bits per heavy atom. The molecule has 21 heavy (non-hydrogen) atoms. The third kappa shape index (κ3) is 2.22. The van der Waals surface area contributed by atoms with Gasteiger partial charge in [-0.3, -0.25) is 4.79 Å². The van der Waals surface area contributed by atoms with Crippen LogP contribution in [0.25, 0.3) is 0 Å². The van der Waals surface area contributed by atoms with Crippen LogP contribution in [0, 0.1) is 16.7 Å². The zero-order valence-electron chi connectivity index (χ0n) is 12.9. The highest BCUT2D eigenvalue weighted by molar-refractivity contribution is 6.33. The summed E-state index contributed by atoms with van der Waals surface area (Å²) in [7, 11) is 0. The van der Waals surface area contributed by atoms with Crippen molar-refractivity contribution in [2.75, 3.05) is 5.32 Å². The molecule has 3 atom stereocenters. The normalized spacial score (nSPS) is 33.1. The molecule has 0 spiro atoms. The van der Waals surface area contributed by atoms with Crippen molar-refractivity contribution in [3.05, 3.63) is 28.8 Å². The molecule has 1 aromatic rings. The SMILES string of the molecule is CC1(C)C(Nc2cc(C(N)=O)ccc2Cl)[C@]2(C)CC[C@H]1C2. The predicted molar refractivity (Wildman–Crippen MR) is 86.6 cm³/mol. The molecule has 1 amide bonds. The number of halogens is 1. The first-order chi connectivity index (χ1) is 9.74. The summed E-state index contributed by atoms with van der Waals surface area (Å²) in [5, 5.41) is 4.27. The van der Waals surface area contributed by atoms with E-state index in [-0.39, 0.29) is 5.41 Å². The quantitative estimate of drug-likeness (QED) is 0.884. The van der Waals surface area contributed by atoms with Gasteiger partial charge in [0.25, 0.3) is 0 Å². The van der Waals surface area contributed by atoms with Crippen LogP contribution in [0.1, 0.15) is 50.4 Å². The lowest BCUT2D eigenvalue weighted by molar-refractivity contribution is 0.100. The molecule has 1 unspecified atom stereocenters. The molecule has 2 saturated carbocycles. The summed E-state index contributed by atoms with van der Waals surface area (Å²) in [4.78, 5) is 11.4. The van der Waals surface area contributed by atoms with Gasteiger partial charge < -0.3 is 11.1 Å². The maximum absolute atomic E-state index is 11.4. The number of fused-ring (bicyclic) bond motifs is 2. The highest BCUT2D eigenvalue weighted by Gasteiger charge is 2.59. The third-order valence-electron chi connectivity index (χ3n) is 5.82. The van der Waals surface area contributed by atoms with Gasteiger partial charge in [-0.15, -0.1) is 0 Å². The van der Waals surface area contributed by atoms with Crippen molar-refractivity contribution >= 4 is 23.2 Å². The molecule has 2 bridgehead atoms. The van der Waals surface area contributed by atoms with E-state index < -0.39 is 5.91 Å². The van der Waals surface area contributed by atoms with Crippen molar-refractivity contribution in [1.82, 2.24) is 0 Å². The number of hydrogen-bond acceptors (Lipinski definition) is 2. The Labute approximate surface area is 131 Å². The highest BCUT2D eigenvalue weighted by atomic mass is 35.5. The van der Waals surface area contributed by atoms with Gasteiger partial charge in [0.05, 0.1) is 10.7 Å². The fourth-order valence-electron chi connectivity index (χ4n) is 4.61. The average molecular weight is 307 g/mol. The Balaban J connectivity index is 1.93. The minimum atomic E-state index is -0.423. The number of nitrogens with two attached hydrogens (primary N) is 1. The molecule has 2 aliphatic rings. The number of amides is 1. The fourth-order valence-corrected chi connectivity index (χ4v) is 4.78. The number of hydrogen-bond donors (Lipinski definition) is 2. The van der Waals surface area contributed by atoms with Gasteiger partial charge in [-0.2, -0.15) is 0 Å². The average Bonchev–Trinajstić information content (AvgIpc) is 2.87. The maximum atomic E-state index is 11.4. The van der Waals surface area contributed by atoms with Crippen molar-refractivity contribution in [2.24, 2.45) is 22.5 Å². The lowest BCUT2D eigenvalue weighted by Gasteiger charge is -2.43. The summed E-state index contributed by atoms with van der Waals surface area (Å²) in [6.45, 7) is 7.04. The number of primary amides is 1. The van der Waals surface area contributed by atoms with Gasteiger partial charge in [0, 0.05) is 11.6 Å². The monoisotopic (exact) mass is 306 g/mol. The fraction of sp³-hybridized carbons (Fsp3) is 0.588. The number of carbonyl (C=O) groups is 1. The van der Waals surface area contributed by atoms with Crippen molar-refractivity contribution in [3.8, 4) is 0 Å². The van der Waals surface area contributed by atoms with E-state index in [9.17, 15) is 4.79 Å². The molecule has 3 rings (SSSR count). The standard InChI is InChI=1S/C17H23ClN2O/c1-16(2)11-6-7-17(3,9-11)15(16)20-13-8-10(14(19)21)4-5-12(13)18/h4-5,8,11,15,20H,6-7,9H2,1-3H3,(H2,19,21)/t11-,15?,17+/m0/s1. The molecule has 0 aromatic heterocycles. The number of nitrogens with one attached hydrogen (secondary N) is 1. The lowest BCUT2D eigenvalue weighted by atomic mass is 9.68. The second kappa shape index (κ2) is 4.64. The molecule has 2 aliphatic carbocycles. The van der Waals surface area contributed by atoms with Crippen LogP contribution in [0.3, 0.4) is 0 Å². The van der Waals surface area contributed by atoms with Crippen LogP contribution in [0.5, 0.6) is 0 Å². The summed E-state index contributed by atoms with van der Waals surface area (Å²) < 4.78 is 0. The maximum Gasteiger partial charge on any atom is 0.248 e. The molecule has 114 valence electrons. The Hall–Kier alpha value is -1.22. The molecular weight excluding hydrogens is 284 g/mol. The molecule has 0 aliphatic heterocycles. The molecule has 0 heterocycles. The molecule has 2 fully saturated rings. The Bertz CT molecular complexity index is 594. The summed E-state index contributed by atoms with van der Waals surface area (Å²) in [6, 6.07) is 5.55. The predicted octanol–water partition coefficient (Wildman–Crippen LogP) is 4.07. The van der Waals surface area contributed by atoms with Crippen LogP contribution in [0.15, 0.2) is 18.2 Å². The summed E-state index contributed by atoms with van der Waals surface area (Å²) in [6.07, 6.45) is 3.84. The zero-order chi connectivity index (χ0) is 15.4. The summed E-state index contributed by atoms with van der Waals surface area (Å²) >= 11 is 6.31. The van der Waals surface area contributed by atoms with Crippen LogP contribution in [0.2, 0.25) is 5.02 Å². The molecule has 1 aromatic carbocycles. The van der Waals surface area contributed by atoms with Gasteiger partial charge in [-0.25, -0.2) is 0 Å². The van der Waals surface area contributed by atoms with E-state index in [4.69, 9.17) is 17.3 Å². The zero-order valence-corrected chi connectivity index (χ0v) is 13.6. The minimum absolute atomic E-state index is 0.235. The Morgan fingerprint density at radius 2 is 2.10 bits per heavy atom. The first-order valence-electron chi connectivity index (χ1n) is 7.60. The van der Waals surface area contributed by atoms with Gasteiger partial charge in [-0.05, 0) is 54.2 Å². The van der Waals surface area contributed by atoms with Crippen molar-refractivity contribution in [3.63, 3.8) is 0 Å². The van der Waals surface area contributed by atoms with Gasteiger partial charge >= 0.3 is 0 Å². The van der Waals surface area contributed by atoms with Gasteiger partial charge in [-0.1, -0.05) is 32.4 Å². The number of carbonyl (C=O) groups excluding carboxylic acids is 1. The van der Waals surface area contributed by atoms with Crippen LogP contribution in [-0.2, 0) is 0 Å². The van der Waals surface area contributed by atoms with Crippen molar-refractivity contribution in [1.29, 1.82) is 0 Å². The van der Waals surface area contributed by atoms with E-state index in [1.807, 2.05) is 0 Å². The molecular formula is C17H23ClN2O. The van der Waals surface area contributed by atoms with Crippen LogP contribution in [0.4, 0.5) is 5.69 Å². The van der Waals surface area contributed by atoms with E-state index >= 15 is 0 Å². The molecule has 4 heteroatoms. The number of rotatable bonds is 3. The van der Waals surface area contributed by atoms with Gasteiger partial charge in [0.1, 0.15) is 0 Å². The minimum Gasteiger partial charge on any atom is -0.380 e. The molecule has 3 N–H and O–H groups in total. The van der Waals surface area contributed by atoms with Crippen LogP contribution < -0.4 is 11.1 Å². The van der Waals surface area contributed by atoms with Gasteiger partial charge in [0.15, 0.2) is 0 Å². The number of benzene rings is 1. The van der Waals surface area contributed by atoms with Crippen molar-refractivity contribution in [2.45, 2.75) is 46.1 Å². The summed E-state index contributed by atoms with van der Waals surface area (Å²) in [5.41, 5.74) is 7.22. The first kappa shape index (κ1) is 14.7. The molecule has 0 saturated heterocycles. The van der Waals surface area contributed by atoms with Crippen molar-refractivity contribution < 1.29 is 4.79 Å². The second-order valence-corrected chi connectivity index (χ2v) is 7.96. The molecule has 0 radical (unpaired) electrons. The second-order valence-electron chi connectivity index (χ2n) is 7.55. The topological polar surface area (TPSA) is 55.1 Å². The van der Waals surface area contributed by atoms with Gasteiger partial charge in [0.2, 0.25) is 5.91 Å². The largest absolute Gasteiger partial charge is 0.380 e. The van der Waals surface area contributed by atoms with E-state index in [0.717, 1.165) is 11.6 Å². The van der Waals surface area contributed by atoms with E-state index in [0.29, 0.717) is 22.0 Å². The summed E-state index contributed by atoms with van der Waals surface area (Å²) in [5.74, 6) is 0.339. The molecule has 3 nitrogen and oxygen atoms in total. The number of anilines is 1. The third-order valence-corrected chi connectivity index (χ3v) is 6.15. The van der Waals surface area contributed by atoms with E-state index in [2.05, 4.69) is 26.1 Å². The smallest absolute Gasteiger partial charge is 0.248 e. The Kier molecular flexibility index (Phi) is 3.25. The van der Waals surface area contributed by atoms with E-state index in [1.165, 1.54) is 19.3 Å². The Morgan fingerprint density at radius 3 is 2.67 bits per heavy atom. The van der Waals surface area contributed by atoms with Crippen LogP contribution >= 0.6 is 11.6 Å². The van der Waals surface area contributed by atoms with E-state index in [1.54, 1.807) is 18.2 Å². The highest BCUT2D eigenvalue weighted by Crippen LogP contribution is 2.63. The lowest BCUT2D eigenvalue weighted by Crippen LogP contribution is -2.45. The first-order valence-corrected chi connectivity index (χ1v) is 7.98.